The Labute approximate surface area is 86.5 Å². The van der Waals surface area contributed by atoms with Crippen LogP contribution >= 0.6 is 0 Å². The summed E-state index contributed by atoms with van der Waals surface area (Å²) in [6, 6.07) is 0. The zero-order valence-corrected chi connectivity index (χ0v) is 8.56. The van der Waals surface area contributed by atoms with Crippen molar-refractivity contribution in [2.24, 2.45) is 0 Å². The lowest BCUT2D eigenvalue weighted by molar-refractivity contribution is -0.136. The van der Waals surface area contributed by atoms with E-state index in [-0.39, 0.29) is 12.1 Å². The quantitative estimate of drug-likeness (QED) is 0.727. The van der Waals surface area contributed by atoms with Gasteiger partial charge in [-0.1, -0.05) is 0 Å². The molecule has 82 valence electrons. The average Bonchev–Trinajstić information content (AvgIpc) is 2.59. The molecule has 0 aliphatic heterocycles. The number of nitrogens with zero attached hydrogens (tertiary/aromatic N) is 2. The fourth-order valence-corrected chi connectivity index (χ4v) is 1.19. The van der Waals surface area contributed by atoms with Crippen LogP contribution in [0.25, 0.3) is 0 Å². The molecule has 1 rings (SSSR count). The lowest BCUT2D eigenvalue weighted by Gasteiger charge is -1.96. The Kier molecular flexibility index (Phi) is 3.43. The molecule has 0 amide bonds. The van der Waals surface area contributed by atoms with Crippen molar-refractivity contribution in [3.63, 3.8) is 0 Å². The lowest BCUT2D eigenvalue weighted by Crippen LogP contribution is -2.09. The van der Waals surface area contributed by atoms with Gasteiger partial charge in [0.1, 0.15) is 0 Å². The fraction of sp³-hybridized carbons (Fsp3) is 0.444. The van der Waals surface area contributed by atoms with Crippen LogP contribution in [-0.2, 0) is 22.5 Å². The van der Waals surface area contributed by atoms with Gasteiger partial charge in [0, 0.05) is 18.3 Å². The third-order valence-corrected chi connectivity index (χ3v) is 1.88. The SMILES string of the molecule is CCn1cc(CC(=O)O)c(C(=O)OC)n1. The molecule has 6 heteroatoms. The molecule has 0 saturated heterocycles. The number of carbonyl (C=O) groups is 2. The number of carbonyl (C=O) groups excluding carboxylic acids is 1. The summed E-state index contributed by atoms with van der Waals surface area (Å²) in [5, 5.41) is 12.6. The second-order valence-corrected chi connectivity index (χ2v) is 2.92. The number of esters is 1. The summed E-state index contributed by atoms with van der Waals surface area (Å²) in [5.41, 5.74) is 0.443. The first-order valence-electron chi connectivity index (χ1n) is 4.45. The van der Waals surface area contributed by atoms with Crippen molar-refractivity contribution >= 4 is 11.9 Å². The van der Waals surface area contributed by atoms with Crippen LogP contribution in [0.4, 0.5) is 0 Å². The number of ether oxygens (including phenoxy) is 1. The predicted octanol–water partition coefficient (Wildman–Crippen LogP) is 0.317. The third kappa shape index (κ3) is 2.55. The summed E-state index contributed by atoms with van der Waals surface area (Å²) in [6.07, 6.45) is 1.31. The first kappa shape index (κ1) is 11.2. The van der Waals surface area contributed by atoms with Crippen LogP contribution in [0.15, 0.2) is 6.20 Å². The van der Waals surface area contributed by atoms with Crippen LogP contribution in [0.3, 0.4) is 0 Å². The molecular formula is C9H12N2O4. The van der Waals surface area contributed by atoms with E-state index in [1.165, 1.54) is 11.8 Å². The van der Waals surface area contributed by atoms with E-state index in [0.717, 1.165) is 0 Å². The smallest absolute Gasteiger partial charge is 0.358 e. The molecule has 1 heterocycles. The summed E-state index contributed by atoms with van der Waals surface area (Å²) < 4.78 is 6.01. The zero-order valence-electron chi connectivity index (χ0n) is 8.56. The third-order valence-electron chi connectivity index (χ3n) is 1.88. The van der Waals surface area contributed by atoms with E-state index in [2.05, 4.69) is 9.84 Å². The number of carboxylic acid groups (broad SMARTS) is 1. The van der Waals surface area contributed by atoms with E-state index < -0.39 is 11.9 Å². The maximum Gasteiger partial charge on any atom is 0.358 e. The highest BCUT2D eigenvalue weighted by molar-refractivity contribution is 5.90. The van der Waals surface area contributed by atoms with E-state index in [0.29, 0.717) is 12.1 Å². The van der Waals surface area contributed by atoms with E-state index >= 15 is 0 Å². The Bertz CT molecular complexity index is 383. The van der Waals surface area contributed by atoms with Gasteiger partial charge in [-0.2, -0.15) is 5.10 Å². The largest absolute Gasteiger partial charge is 0.481 e. The minimum absolute atomic E-state index is 0.0711. The average molecular weight is 212 g/mol. The molecule has 0 bridgehead atoms. The highest BCUT2D eigenvalue weighted by Crippen LogP contribution is 2.09. The summed E-state index contributed by atoms with van der Waals surface area (Å²) in [5.74, 6) is -1.62. The standard InChI is InChI=1S/C9H12N2O4/c1-3-11-5-6(4-7(12)13)8(10-11)9(14)15-2/h5H,3-4H2,1-2H3,(H,12,13). The molecule has 0 aromatic carbocycles. The highest BCUT2D eigenvalue weighted by atomic mass is 16.5. The lowest BCUT2D eigenvalue weighted by atomic mass is 10.2. The van der Waals surface area contributed by atoms with Gasteiger partial charge in [0.15, 0.2) is 5.69 Å². The molecular weight excluding hydrogens is 200 g/mol. The van der Waals surface area contributed by atoms with Gasteiger partial charge in [-0.25, -0.2) is 4.79 Å². The van der Waals surface area contributed by atoms with Crippen molar-refractivity contribution in [3.8, 4) is 0 Å². The maximum absolute atomic E-state index is 11.3. The predicted molar refractivity (Wildman–Crippen MR) is 50.6 cm³/mol. The molecule has 0 spiro atoms. The van der Waals surface area contributed by atoms with Gasteiger partial charge in [-0.3, -0.25) is 9.48 Å². The molecule has 0 saturated carbocycles. The Morgan fingerprint density at radius 1 is 1.60 bits per heavy atom. The van der Waals surface area contributed by atoms with E-state index in [1.807, 2.05) is 6.92 Å². The Morgan fingerprint density at radius 2 is 2.27 bits per heavy atom. The second kappa shape index (κ2) is 4.59. The van der Waals surface area contributed by atoms with Gasteiger partial charge in [-0.05, 0) is 6.92 Å². The summed E-state index contributed by atoms with van der Waals surface area (Å²) >= 11 is 0. The molecule has 0 unspecified atom stereocenters. The van der Waals surface area contributed by atoms with Crippen LogP contribution < -0.4 is 0 Å². The number of carboxylic acids is 1. The van der Waals surface area contributed by atoms with E-state index in [4.69, 9.17) is 5.11 Å². The first-order valence-corrected chi connectivity index (χ1v) is 4.45. The van der Waals surface area contributed by atoms with Crippen molar-refractivity contribution in [2.75, 3.05) is 7.11 Å². The number of aliphatic carboxylic acids is 1. The topological polar surface area (TPSA) is 81.4 Å². The van der Waals surface area contributed by atoms with Gasteiger partial charge in [0.05, 0.1) is 13.5 Å². The minimum Gasteiger partial charge on any atom is -0.481 e. The molecule has 1 aromatic heterocycles. The van der Waals surface area contributed by atoms with Crippen LogP contribution in [0.1, 0.15) is 23.0 Å². The van der Waals surface area contributed by atoms with Gasteiger partial charge < -0.3 is 9.84 Å². The summed E-state index contributed by atoms with van der Waals surface area (Å²) in [7, 11) is 1.23. The first-order chi connectivity index (χ1) is 7.08. The Balaban J connectivity index is 3.05. The molecule has 0 aliphatic rings. The number of aryl methyl sites for hydroxylation is 1. The maximum atomic E-state index is 11.3. The van der Waals surface area contributed by atoms with Gasteiger partial charge >= 0.3 is 11.9 Å². The number of hydrogen-bond acceptors (Lipinski definition) is 4. The van der Waals surface area contributed by atoms with E-state index in [1.54, 1.807) is 6.20 Å². The van der Waals surface area contributed by atoms with Gasteiger partial charge in [-0.15, -0.1) is 0 Å². The van der Waals surface area contributed by atoms with Crippen molar-refractivity contribution < 1.29 is 19.4 Å². The molecule has 1 aromatic rings. The minimum atomic E-state index is -1.00. The van der Waals surface area contributed by atoms with Crippen LogP contribution in [-0.4, -0.2) is 33.9 Å². The molecule has 0 fully saturated rings. The van der Waals surface area contributed by atoms with Crippen LogP contribution in [0, 0.1) is 0 Å². The number of rotatable bonds is 4. The van der Waals surface area contributed by atoms with Crippen molar-refractivity contribution in [1.82, 2.24) is 9.78 Å². The number of methoxy groups -OCH3 is 1. The van der Waals surface area contributed by atoms with Crippen LogP contribution in [0.5, 0.6) is 0 Å². The zero-order chi connectivity index (χ0) is 11.4. The van der Waals surface area contributed by atoms with Crippen molar-refractivity contribution in [3.05, 3.63) is 17.5 Å². The highest BCUT2D eigenvalue weighted by Gasteiger charge is 2.18. The molecule has 1 N–H and O–H groups in total. The van der Waals surface area contributed by atoms with Gasteiger partial charge in [0.2, 0.25) is 0 Å². The Hall–Kier alpha value is -1.85. The number of aromatic nitrogens is 2. The molecule has 0 radical (unpaired) electrons. The molecule has 6 nitrogen and oxygen atoms in total. The van der Waals surface area contributed by atoms with Crippen molar-refractivity contribution in [1.29, 1.82) is 0 Å². The second-order valence-electron chi connectivity index (χ2n) is 2.92. The normalized spacial score (nSPS) is 10.0. The Morgan fingerprint density at radius 3 is 2.73 bits per heavy atom. The molecule has 0 aliphatic carbocycles. The molecule has 0 atom stereocenters. The summed E-state index contributed by atoms with van der Waals surface area (Å²) in [6.45, 7) is 2.42. The fourth-order valence-electron chi connectivity index (χ4n) is 1.19. The summed E-state index contributed by atoms with van der Waals surface area (Å²) in [4.78, 5) is 21.8. The number of hydrogen-bond donors (Lipinski definition) is 1. The monoisotopic (exact) mass is 212 g/mol. The van der Waals surface area contributed by atoms with Gasteiger partial charge in [0.25, 0.3) is 0 Å². The molecule has 15 heavy (non-hydrogen) atoms. The van der Waals surface area contributed by atoms with Crippen molar-refractivity contribution in [2.45, 2.75) is 19.9 Å². The van der Waals surface area contributed by atoms with Crippen LogP contribution in [0.2, 0.25) is 0 Å². The van der Waals surface area contributed by atoms with E-state index in [9.17, 15) is 9.59 Å².